The molecule has 0 saturated heterocycles. The minimum Gasteiger partial charge on any atom is -0.374 e. The maximum Gasteiger partial charge on any atom is 0.365 e. The van der Waals surface area contributed by atoms with Crippen molar-refractivity contribution in [3.63, 3.8) is 0 Å². The van der Waals surface area contributed by atoms with Gasteiger partial charge < -0.3 is 14.2 Å². The molecule has 0 radical (unpaired) electrons. The topological polar surface area (TPSA) is 55.8 Å². The van der Waals surface area contributed by atoms with Crippen LogP contribution in [0.15, 0.2) is 36.4 Å². The van der Waals surface area contributed by atoms with E-state index in [1.165, 1.54) is 27.2 Å². The van der Waals surface area contributed by atoms with E-state index in [1.807, 2.05) is 30.3 Å². The summed E-state index contributed by atoms with van der Waals surface area (Å²) in [6.45, 7) is 1.39. The van der Waals surface area contributed by atoms with E-state index in [0.29, 0.717) is 0 Å². The Hall–Kier alpha value is -0.930. The Labute approximate surface area is 101 Å². The highest BCUT2D eigenvalue weighted by Crippen LogP contribution is 2.58. The van der Waals surface area contributed by atoms with Gasteiger partial charge in [-0.2, -0.15) is 0 Å². The van der Waals surface area contributed by atoms with Crippen LogP contribution >= 0.6 is 7.60 Å². The Balaban J connectivity index is 2.94. The number of benzene rings is 1. The van der Waals surface area contributed by atoms with Crippen LogP contribution < -0.4 is 0 Å². The van der Waals surface area contributed by atoms with Crippen molar-refractivity contribution in [2.24, 2.45) is 0 Å². The van der Waals surface area contributed by atoms with Crippen molar-refractivity contribution < 1.29 is 18.7 Å². The van der Waals surface area contributed by atoms with Crippen molar-refractivity contribution in [1.82, 2.24) is 0 Å². The molecule has 0 saturated carbocycles. The Morgan fingerprint density at radius 3 is 2.24 bits per heavy atom. The molecule has 1 aromatic rings. The monoisotopic (exact) mass is 256 g/mol. The largest absolute Gasteiger partial charge is 0.374 e. The highest BCUT2D eigenvalue weighted by atomic mass is 31.2. The van der Waals surface area contributed by atoms with Gasteiger partial charge >= 0.3 is 7.60 Å². The van der Waals surface area contributed by atoms with Gasteiger partial charge in [-0.3, -0.25) is 4.57 Å². The summed E-state index contributed by atoms with van der Waals surface area (Å²) in [6.07, 6.45) is 3.08. The van der Waals surface area contributed by atoms with E-state index in [-0.39, 0.29) is 0 Å². The SMILES string of the molecule is COP(=O)(OC)[C@@](C)(O)/C=C/c1ccccc1. The molecule has 0 aliphatic rings. The molecular weight excluding hydrogens is 239 g/mol. The van der Waals surface area contributed by atoms with Crippen LogP contribution in [-0.4, -0.2) is 24.7 Å². The molecule has 0 unspecified atom stereocenters. The van der Waals surface area contributed by atoms with Crippen LogP contribution in [0.1, 0.15) is 12.5 Å². The molecule has 17 heavy (non-hydrogen) atoms. The van der Waals surface area contributed by atoms with E-state index in [2.05, 4.69) is 0 Å². The normalized spacial score (nSPS) is 16.0. The zero-order valence-corrected chi connectivity index (χ0v) is 11.1. The molecule has 0 amide bonds. The van der Waals surface area contributed by atoms with E-state index in [4.69, 9.17) is 9.05 Å². The van der Waals surface area contributed by atoms with Gasteiger partial charge in [-0.1, -0.05) is 36.4 Å². The van der Waals surface area contributed by atoms with Crippen LogP contribution in [0.2, 0.25) is 0 Å². The summed E-state index contributed by atoms with van der Waals surface area (Å²) in [6, 6.07) is 9.39. The number of aliphatic hydroxyl groups is 1. The van der Waals surface area contributed by atoms with E-state index in [1.54, 1.807) is 6.08 Å². The van der Waals surface area contributed by atoms with Gasteiger partial charge in [-0.05, 0) is 18.6 Å². The molecule has 94 valence electrons. The molecule has 1 N–H and O–H groups in total. The Kier molecular flexibility index (Phi) is 4.66. The molecule has 0 aliphatic carbocycles. The quantitative estimate of drug-likeness (QED) is 0.823. The Bertz CT molecular complexity index is 417. The molecule has 4 nitrogen and oxygen atoms in total. The first-order chi connectivity index (χ1) is 7.95. The van der Waals surface area contributed by atoms with E-state index < -0.39 is 12.9 Å². The highest BCUT2D eigenvalue weighted by molar-refractivity contribution is 7.55. The first-order valence-corrected chi connectivity index (χ1v) is 6.68. The van der Waals surface area contributed by atoms with Gasteiger partial charge in [-0.25, -0.2) is 0 Å². The minimum absolute atomic E-state index is 0.895. The third-order valence-corrected chi connectivity index (χ3v) is 4.65. The molecule has 5 heteroatoms. The summed E-state index contributed by atoms with van der Waals surface area (Å²) in [4.78, 5) is 0. The van der Waals surface area contributed by atoms with Gasteiger partial charge in [0.1, 0.15) is 0 Å². The first kappa shape index (κ1) is 14.1. The van der Waals surface area contributed by atoms with Crippen molar-refractivity contribution in [2.75, 3.05) is 14.2 Å². The summed E-state index contributed by atoms with van der Waals surface area (Å²) < 4.78 is 21.6. The fourth-order valence-corrected chi connectivity index (χ4v) is 2.50. The smallest absolute Gasteiger partial charge is 0.365 e. The first-order valence-electron chi connectivity index (χ1n) is 5.13. The van der Waals surface area contributed by atoms with Gasteiger partial charge in [0.2, 0.25) is 0 Å². The Morgan fingerprint density at radius 2 is 1.76 bits per heavy atom. The minimum atomic E-state index is -3.55. The fourth-order valence-electron chi connectivity index (χ4n) is 1.35. The highest BCUT2D eigenvalue weighted by Gasteiger charge is 2.42. The molecule has 0 aromatic heterocycles. The van der Waals surface area contributed by atoms with Gasteiger partial charge in [-0.15, -0.1) is 0 Å². The molecule has 1 atom stereocenters. The van der Waals surface area contributed by atoms with Crippen LogP contribution in [0.5, 0.6) is 0 Å². The lowest BCUT2D eigenvalue weighted by molar-refractivity contribution is 0.134. The number of rotatable bonds is 5. The summed E-state index contributed by atoms with van der Waals surface area (Å²) >= 11 is 0. The summed E-state index contributed by atoms with van der Waals surface area (Å²) in [5.41, 5.74) is 0.895. The molecular formula is C12H17O4P. The summed E-state index contributed by atoms with van der Waals surface area (Å²) in [5, 5.41) is 8.43. The third kappa shape index (κ3) is 3.27. The molecule has 0 heterocycles. The molecule has 0 bridgehead atoms. The lowest BCUT2D eigenvalue weighted by atomic mass is 10.2. The average molecular weight is 256 g/mol. The average Bonchev–Trinajstić information content (AvgIpc) is 2.36. The van der Waals surface area contributed by atoms with Crippen molar-refractivity contribution in [1.29, 1.82) is 0 Å². The second-order valence-corrected chi connectivity index (χ2v) is 6.33. The predicted octanol–water partition coefficient (Wildman–Crippen LogP) is 2.89. The van der Waals surface area contributed by atoms with Gasteiger partial charge in [0, 0.05) is 14.2 Å². The van der Waals surface area contributed by atoms with Crippen LogP contribution in [0.4, 0.5) is 0 Å². The van der Waals surface area contributed by atoms with Crippen molar-refractivity contribution in [3.8, 4) is 0 Å². The summed E-state index contributed by atoms with van der Waals surface area (Å²) in [7, 11) is -1.06. The second kappa shape index (κ2) is 5.61. The zero-order chi connectivity index (χ0) is 12.9. The van der Waals surface area contributed by atoms with Crippen molar-refractivity contribution in [3.05, 3.63) is 42.0 Å². The van der Waals surface area contributed by atoms with Crippen LogP contribution in [0.3, 0.4) is 0 Å². The second-order valence-electron chi connectivity index (χ2n) is 3.70. The van der Waals surface area contributed by atoms with E-state index in [9.17, 15) is 9.67 Å². The van der Waals surface area contributed by atoms with Crippen LogP contribution in [-0.2, 0) is 13.6 Å². The van der Waals surface area contributed by atoms with Crippen molar-refractivity contribution >= 4 is 13.7 Å². The molecule has 0 aliphatic heterocycles. The molecule has 1 rings (SSSR count). The molecule has 0 spiro atoms. The van der Waals surface area contributed by atoms with Crippen molar-refractivity contribution in [2.45, 2.75) is 12.3 Å². The molecule has 0 fully saturated rings. The lowest BCUT2D eigenvalue weighted by Crippen LogP contribution is -2.22. The van der Waals surface area contributed by atoms with Gasteiger partial charge in [0.15, 0.2) is 5.34 Å². The molecule has 1 aromatic carbocycles. The zero-order valence-electron chi connectivity index (χ0n) is 10.2. The van der Waals surface area contributed by atoms with Crippen LogP contribution in [0.25, 0.3) is 6.08 Å². The van der Waals surface area contributed by atoms with E-state index >= 15 is 0 Å². The number of hydrogen-bond acceptors (Lipinski definition) is 4. The maximum atomic E-state index is 12.0. The predicted molar refractivity (Wildman–Crippen MR) is 67.7 cm³/mol. The van der Waals surface area contributed by atoms with Crippen LogP contribution in [0, 0.1) is 0 Å². The van der Waals surface area contributed by atoms with E-state index in [0.717, 1.165) is 5.56 Å². The standard InChI is InChI=1S/C12H17O4P/c1-12(13,17(14,15-2)16-3)10-9-11-7-5-4-6-8-11/h4-10,13H,1-3H3/b10-9+/t12-/m1/s1. The number of hydrogen-bond donors (Lipinski definition) is 1. The summed E-state index contributed by atoms with van der Waals surface area (Å²) in [5.74, 6) is 0. The Morgan fingerprint density at radius 1 is 1.24 bits per heavy atom. The fraction of sp³-hybridized carbons (Fsp3) is 0.333. The third-order valence-electron chi connectivity index (χ3n) is 2.43. The van der Waals surface area contributed by atoms with Gasteiger partial charge in [0.05, 0.1) is 0 Å². The van der Waals surface area contributed by atoms with Gasteiger partial charge in [0.25, 0.3) is 0 Å². The maximum absolute atomic E-state index is 12.0. The lowest BCUT2D eigenvalue weighted by Gasteiger charge is -2.26.